The van der Waals surface area contributed by atoms with Crippen molar-refractivity contribution in [3.05, 3.63) is 0 Å². The van der Waals surface area contributed by atoms with Crippen LogP contribution in [0.3, 0.4) is 0 Å². The molecular formula is C16H24O9S. The minimum Gasteiger partial charge on any atom is -0.463 e. The Hall–Kier alpha value is -1.81. The lowest BCUT2D eigenvalue weighted by Gasteiger charge is -2.44. The number of carbonyl (C=O) groups is 4. The van der Waals surface area contributed by atoms with Crippen molar-refractivity contribution in [3.8, 4) is 0 Å². The van der Waals surface area contributed by atoms with Crippen molar-refractivity contribution in [2.45, 2.75) is 64.5 Å². The van der Waals surface area contributed by atoms with E-state index in [0.717, 1.165) is 0 Å². The molecule has 1 rings (SSSR count). The van der Waals surface area contributed by atoms with E-state index in [2.05, 4.69) is 0 Å². The van der Waals surface area contributed by atoms with Crippen molar-refractivity contribution in [1.82, 2.24) is 0 Å². The molecule has 0 saturated carbocycles. The van der Waals surface area contributed by atoms with Crippen LogP contribution in [0.4, 0.5) is 0 Å². The van der Waals surface area contributed by atoms with Gasteiger partial charge < -0.3 is 23.7 Å². The summed E-state index contributed by atoms with van der Waals surface area (Å²) in [6, 6.07) is 0. The second kappa shape index (κ2) is 10.4. The van der Waals surface area contributed by atoms with Crippen molar-refractivity contribution in [2.75, 3.05) is 12.4 Å². The molecule has 1 fully saturated rings. The van der Waals surface area contributed by atoms with Gasteiger partial charge in [0, 0.05) is 27.7 Å². The number of rotatable bonds is 7. The lowest BCUT2D eigenvalue weighted by molar-refractivity contribution is -0.237. The smallest absolute Gasteiger partial charge is 0.303 e. The highest BCUT2D eigenvalue weighted by molar-refractivity contribution is 7.99. The largest absolute Gasteiger partial charge is 0.463 e. The average molecular weight is 392 g/mol. The first-order chi connectivity index (χ1) is 12.1. The third-order valence-electron chi connectivity index (χ3n) is 3.28. The highest BCUT2D eigenvalue weighted by atomic mass is 32.2. The van der Waals surface area contributed by atoms with E-state index in [1.54, 1.807) is 0 Å². The van der Waals surface area contributed by atoms with Crippen LogP contribution in [0.25, 0.3) is 0 Å². The van der Waals surface area contributed by atoms with Crippen LogP contribution in [0.15, 0.2) is 0 Å². The second-order valence-electron chi connectivity index (χ2n) is 5.52. The minimum atomic E-state index is -1.10. The van der Waals surface area contributed by atoms with Gasteiger partial charge in [-0.05, 0) is 5.75 Å². The van der Waals surface area contributed by atoms with Gasteiger partial charge in [-0.2, -0.15) is 0 Å². The van der Waals surface area contributed by atoms with Gasteiger partial charge in [0.15, 0.2) is 18.3 Å². The summed E-state index contributed by atoms with van der Waals surface area (Å²) in [7, 11) is 0. The fraction of sp³-hybridized carbons (Fsp3) is 0.750. The Kier molecular flexibility index (Phi) is 8.86. The molecule has 0 aliphatic carbocycles. The molecule has 10 heteroatoms. The van der Waals surface area contributed by atoms with Crippen LogP contribution in [-0.4, -0.2) is 66.1 Å². The van der Waals surface area contributed by atoms with Gasteiger partial charge in [-0.25, -0.2) is 0 Å². The summed E-state index contributed by atoms with van der Waals surface area (Å²) < 4.78 is 26.7. The zero-order valence-electron chi connectivity index (χ0n) is 15.4. The normalized spacial score (nSPS) is 28.0. The first-order valence-electron chi connectivity index (χ1n) is 8.07. The maximum absolute atomic E-state index is 11.6. The standard InChI is InChI=1S/C16H24O9S/c1-6-26-16-15(24-11(5)20)14(23-10(4)19)13(22-9(3)18)12(25-16)7-21-8(2)17/h12-16H,6-7H2,1-5H3/t12?,13-,14+,15?,16+/m1/s1. The number of esters is 4. The molecule has 1 saturated heterocycles. The van der Waals surface area contributed by atoms with E-state index in [1.807, 2.05) is 6.92 Å². The van der Waals surface area contributed by atoms with Crippen molar-refractivity contribution >= 4 is 35.6 Å². The molecule has 0 amide bonds. The maximum atomic E-state index is 11.6. The molecule has 0 N–H and O–H groups in total. The van der Waals surface area contributed by atoms with Crippen LogP contribution < -0.4 is 0 Å². The summed E-state index contributed by atoms with van der Waals surface area (Å²) in [6.07, 6.45) is -4.07. The summed E-state index contributed by atoms with van der Waals surface area (Å²) >= 11 is 1.32. The molecule has 5 atom stereocenters. The van der Waals surface area contributed by atoms with Gasteiger partial charge in [0.2, 0.25) is 0 Å². The Labute approximate surface area is 156 Å². The van der Waals surface area contributed by atoms with E-state index >= 15 is 0 Å². The average Bonchev–Trinajstić information content (AvgIpc) is 2.50. The maximum Gasteiger partial charge on any atom is 0.303 e. The molecule has 0 radical (unpaired) electrons. The van der Waals surface area contributed by atoms with Gasteiger partial charge in [0.1, 0.15) is 18.1 Å². The van der Waals surface area contributed by atoms with Crippen molar-refractivity contribution in [1.29, 1.82) is 0 Å². The SMILES string of the molecule is CCS[C@@H]1OC(COC(C)=O)[C@@H](OC(C)=O)[C@H](OC(C)=O)C1OC(C)=O. The van der Waals surface area contributed by atoms with E-state index in [-0.39, 0.29) is 6.61 Å². The fourth-order valence-corrected chi connectivity index (χ4v) is 3.44. The summed E-state index contributed by atoms with van der Waals surface area (Å²) in [4.78, 5) is 45.8. The zero-order chi connectivity index (χ0) is 19.9. The molecule has 2 unspecified atom stereocenters. The van der Waals surface area contributed by atoms with Gasteiger partial charge in [0.25, 0.3) is 0 Å². The van der Waals surface area contributed by atoms with E-state index in [1.165, 1.54) is 39.5 Å². The van der Waals surface area contributed by atoms with Crippen LogP contribution in [0.2, 0.25) is 0 Å². The van der Waals surface area contributed by atoms with Crippen LogP contribution in [-0.2, 0) is 42.9 Å². The predicted molar refractivity (Wildman–Crippen MR) is 90.1 cm³/mol. The second-order valence-corrected chi connectivity index (χ2v) is 6.90. The summed E-state index contributed by atoms with van der Waals surface area (Å²) in [5.74, 6) is -1.81. The zero-order valence-corrected chi connectivity index (χ0v) is 16.2. The first kappa shape index (κ1) is 22.2. The van der Waals surface area contributed by atoms with Crippen LogP contribution in [0.5, 0.6) is 0 Å². The number of hydrogen-bond donors (Lipinski definition) is 0. The molecule has 0 bridgehead atoms. The molecule has 9 nitrogen and oxygen atoms in total. The molecule has 0 aromatic heterocycles. The summed E-state index contributed by atoms with van der Waals surface area (Å²) in [5, 5.41) is 0. The molecule has 26 heavy (non-hydrogen) atoms. The molecule has 148 valence electrons. The third kappa shape index (κ3) is 6.83. The van der Waals surface area contributed by atoms with Crippen LogP contribution in [0, 0.1) is 0 Å². The van der Waals surface area contributed by atoms with Gasteiger partial charge in [-0.3, -0.25) is 19.2 Å². The van der Waals surface area contributed by atoms with Crippen LogP contribution in [0.1, 0.15) is 34.6 Å². The van der Waals surface area contributed by atoms with Gasteiger partial charge >= 0.3 is 23.9 Å². The van der Waals surface area contributed by atoms with Gasteiger partial charge in [-0.1, -0.05) is 6.92 Å². The molecule has 1 heterocycles. The fourth-order valence-electron chi connectivity index (χ4n) is 2.49. The molecule has 0 aromatic rings. The lowest BCUT2D eigenvalue weighted by atomic mass is 9.99. The Morgan fingerprint density at radius 2 is 1.31 bits per heavy atom. The number of carbonyl (C=O) groups excluding carboxylic acids is 4. The van der Waals surface area contributed by atoms with E-state index in [4.69, 9.17) is 23.7 Å². The topological polar surface area (TPSA) is 114 Å². The Morgan fingerprint density at radius 3 is 1.77 bits per heavy atom. The predicted octanol–water partition coefficient (Wildman–Crippen LogP) is 0.823. The molecule has 0 aromatic carbocycles. The van der Waals surface area contributed by atoms with Gasteiger partial charge in [-0.15, -0.1) is 11.8 Å². The van der Waals surface area contributed by atoms with Gasteiger partial charge in [0.05, 0.1) is 0 Å². The minimum absolute atomic E-state index is 0.210. The van der Waals surface area contributed by atoms with Crippen molar-refractivity contribution in [3.63, 3.8) is 0 Å². The van der Waals surface area contributed by atoms with E-state index < -0.39 is 53.7 Å². The molecule has 1 aliphatic heterocycles. The lowest BCUT2D eigenvalue weighted by Crippen LogP contribution is -2.61. The third-order valence-corrected chi connectivity index (χ3v) is 4.32. The Morgan fingerprint density at radius 1 is 0.808 bits per heavy atom. The number of hydrogen-bond acceptors (Lipinski definition) is 10. The van der Waals surface area contributed by atoms with E-state index in [0.29, 0.717) is 5.75 Å². The summed E-state index contributed by atoms with van der Waals surface area (Å²) in [6.45, 7) is 6.48. The van der Waals surface area contributed by atoms with Crippen molar-refractivity contribution < 1.29 is 42.9 Å². The van der Waals surface area contributed by atoms with E-state index in [9.17, 15) is 19.2 Å². The molecular weight excluding hydrogens is 368 g/mol. The number of ether oxygens (including phenoxy) is 5. The summed E-state index contributed by atoms with van der Waals surface area (Å²) in [5.41, 5.74) is -0.694. The first-order valence-corrected chi connectivity index (χ1v) is 9.12. The Balaban J connectivity index is 3.22. The molecule has 1 aliphatic rings. The Bertz CT molecular complexity index is 536. The van der Waals surface area contributed by atoms with Crippen molar-refractivity contribution in [2.24, 2.45) is 0 Å². The monoisotopic (exact) mass is 392 g/mol. The highest BCUT2D eigenvalue weighted by Gasteiger charge is 2.52. The van der Waals surface area contributed by atoms with Crippen LogP contribution >= 0.6 is 11.8 Å². The highest BCUT2D eigenvalue weighted by Crippen LogP contribution is 2.34. The number of thioether (sulfide) groups is 1. The molecule has 0 spiro atoms. The quantitative estimate of drug-likeness (QED) is 0.455.